The molecule has 5 nitrogen and oxygen atoms in total. The Morgan fingerprint density at radius 2 is 2.29 bits per heavy atom. The van der Waals surface area contributed by atoms with Crippen LogP contribution in [0.4, 0.5) is 11.4 Å². The predicted octanol–water partition coefficient (Wildman–Crippen LogP) is 0.604. The number of carbonyl (C=O) groups excluding carboxylic acids is 1. The Morgan fingerprint density at radius 1 is 1.47 bits per heavy atom. The van der Waals surface area contributed by atoms with Crippen molar-refractivity contribution in [3.63, 3.8) is 0 Å². The van der Waals surface area contributed by atoms with Crippen LogP contribution in [0.3, 0.4) is 0 Å². The van der Waals surface area contributed by atoms with Crippen molar-refractivity contribution in [2.45, 2.75) is 6.92 Å². The fraction of sp³-hybridized carbons (Fsp3) is 0.417. The molecule has 0 unspecified atom stereocenters. The van der Waals surface area contributed by atoms with E-state index in [1.807, 2.05) is 24.0 Å². The molecular weight excluding hydrogens is 218 g/mol. The van der Waals surface area contributed by atoms with Gasteiger partial charge >= 0.3 is 0 Å². The minimum absolute atomic E-state index is 0.0386. The second kappa shape index (κ2) is 4.95. The van der Waals surface area contributed by atoms with Gasteiger partial charge in [0, 0.05) is 36.6 Å². The van der Waals surface area contributed by atoms with Gasteiger partial charge in [-0.2, -0.15) is 0 Å². The average molecular weight is 235 g/mol. The summed E-state index contributed by atoms with van der Waals surface area (Å²) in [5.41, 5.74) is 7.41. The molecule has 1 heterocycles. The van der Waals surface area contributed by atoms with Crippen LogP contribution in [-0.2, 0) is 4.79 Å². The maximum Gasteiger partial charge on any atom is 0.239 e. The Morgan fingerprint density at radius 3 is 3.00 bits per heavy atom. The molecule has 1 aliphatic heterocycles. The zero-order valence-electron chi connectivity index (χ0n) is 9.90. The first-order chi connectivity index (χ1) is 8.19. The fourth-order valence-corrected chi connectivity index (χ4v) is 1.90. The van der Waals surface area contributed by atoms with Crippen LogP contribution in [0, 0.1) is 0 Å². The zero-order valence-corrected chi connectivity index (χ0v) is 9.90. The van der Waals surface area contributed by atoms with Crippen molar-refractivity contribution in [2.24, 2.45) is 0 Å². The van der Waals surface area contributed by atoms with Crippen molar-refractivity contribution in [1.29, 1.82) is 0 Å². The third kappa shape index (κ3) is 2.81. The highest BCUT2D eigenvalue weighted by molar-refractivity contribution is 5.83. The molecule has 1 aromatic carbocycles. The van der Waals surface area contributed by atoms with Crippen LogP contribution < -0.4 is 20.7 Å². The van der Waals surface area contributed by atoms with Gasteiger partial charge in [-0.05, 0) is 13.0 Å². The summed E-state index contributed by atoms with van der Waals surface area (Å²) >= 11 is 0. The number of hydrogen-bond donors (Lipinski definition) is 2. The number of ether oxygens (including phenoxy) is 1. The molecule has 0 bridgehead atoms. The van der Waals surface area contributed by atoms with E-state index in [1.54, 1.807) is 6.07 Å². The molecule has 3 N–H and O–H groups in total. The second-order valence-corrected chi connectivity index (χ2v) is 3.96. The molecule has 1 saturated heterocycles. The Kier molecular flexibility index (Phi) is 3.37. The zero-order chi connectivity index (χ0) is 12.3. The first-order valence-corrected chi connectivity index (χ1v) is 5.74. The number of hydrogen-bond acceptors (Lipinski definition) is 4. The molecule has 1 aromatic rings. The number of piperazine rings is 1. The molecular formula is C12H17N3O2. The first-order valence-electron chi connectivity index (χ1n) is 5.74. The van der Waals surface area contributed by atoms with Gasteiger partial charge in [0.15, 0.2) is 0 Å². The maximum atomic E-state index is 11.3. The van der Waals surface area contributed by atoms with E-state index < -0.39 is 0 Å². The Hall–Kier alpha value is -1.91. The number of amides is 1. The smallest absolute Gasteiger partial charge is 0.239 e. The third-order valence-electron chi connectivity index (χ3n) is 2.63. The summed E-state index contributed by atoms with van der Waals surface area (Å²) in [7, 11) is 0. The lowest BCUT2D eigenvalue weighted by Gasteiger charge is -2.29. The van der Waals surface area contributed by atoms with Gasteiger partial charge in [0.2, 0.25) is 5.91 Å². The topological polar surface area (TPSA) is 67.6 Å². The number of rotatable bonds is 3. The lowest BCUT2D eigenvalue weighted by molar-refractivity contribution is -0.120. The molecule has 5 heteroatoms. The molecule has 1 fully saturated rings. The monoisotopic (exact) mass is 235 g/mol. The van der Waals surface area contributed by atoms with Crippen molar-refractivity contribution < 1.29 is 9.53 Å². The number of carbonyl (C=O) groups is 1. The van der Waals surface area contributed by atoms with Crippen LogP contribution >= 0.6 is 0 Å². The van der Waals surface area contributed by atoms with Crippen LogP contribution in [0.15, 0.2) is 18.2 Å². The van der Waals surface area contributed by atoms with Crippen LogP contribution in [0.5, 0.6) is 5.75 Å². The molecule has 0 saturated carbocycles. The number of nitrogens with two attached hydrogens (primary N) is 1. The summed E-state index contributed by atoms with van der Waals surface area (Å²) in [5.74, 6) is 0.783. The second-order valence-electron chi connectivity index (χ2n) is 3.96. The van der Waals surface area contributed by atoms with E-state index in [2.05, 4.69) is 5.32 Å². The lowest BCUT2D eigenvalue weighted by Crippen LogP contribution is -2.47. The van der Waals surface area contributed by atoms with Crippen LogP contribution in [0.2, 0.25) is 0 Å². The molecule has 0 aromatic heterocycles. The molecule has 0 radical (unpaired) electrons. The van der Waals surface area contributed by atoms with Crippen molar-refractivity contribution in [3.8, 4) is 5.75 Å². The average Bonchev–Trinajstić information content (AvgIpc) is 2.28. The summed E-state index contributed by atoms with van der Waals surface area (Å²) in [6.07, 6.45) is 0. The summed E-state index contributed by atoms with van der Waals surface area (Å²) < 4.78 is 5.44. The molecule has 1 amide bonds. The van der Waals surface area contributed by atoms with E-state index in [4.69, 9.17) is 10.5 Å². The maximum absolute atomic E-state index is 11.3. The van der Waals surface area contributed by atoms with Gasteiger partial charge in [0.05, 0.1) is 13.2 Å². The van der Waals surface area contributed by atoms with Crippen molar-refractivity contribution >= 4 is 17.3 Å². The highest BCUT2D eigenvalue weighted by Crippen LogP contribution is 2.25. The molecule has 17 heavy (non-hydrogen) atoms. The standard InChI is InChI=1S/C12H17N3O2/c1-2-17-11-6-9(13)5-10(7-11)15-4-3-14-12(16)8-15/h5-7H,2-4,8,13H2,1H3,(H,14,16). The summed E-state index contributed by atoms with van der Waals surface area (Å²) in [4.78, 5) is 13.3. The molecule has 2 rings (SSSR count). The number of nitrogens with one attached hydrogen (secondary N) is 1. The van der Waals surface area contributed by atoms with E-state index >= 15 is 0 Å². The first kappa shape index (κ1) is 11.6. The minimum atomic E-state index is 0.0386. The van der Waals surface area contributed by atoms with E-state index in [0.717, 1.165) is 18.0 Å². The van der Waals surface area contributed by atoms with Gasteiger partial charge < -0.3 is 20.7 Å². The predicted molar refractivity (Wildman–Crippen MR) is 67.2 cm³/mol. The van der Waals surface area contributed by atoms with E-state index in [-0.39, 0.29) is 5.91 Å². The van der Waals surface area contributed by atoms with Gasteiger partial charge in [-0.25, -0.2) is 0 Å². The van der Waals surface area contributed by atoms with Crippen molar-refractivity contribution in [3.05, 3.63) is 18.2 Å². The Bertz CT molecular complexity index is 420. The quantitative estimate of drug-likeness (QED) is 0.753. The van der Waals surface area contributed by atoms with E-state index in [1.165, 1.54) is 0 Å². The summed E-state index contributed by atoms with van der Waals surface area (Å²) in [6.45, 7) is 4.36. The Labute approximate surface area is 101 Å². The van der Waals surface area contributed by atoms with Gasteiger partial charge in [-0.3, -0.25) is 4.79 Å². The number of nitrogens with zero attached hydrogens (tertiary/aromatic N) is 1. The van der Waals surface area contributed by atoms with Gasteiger partial charge in [-0.15, -0.1) is 0 Å². The SMILES string of the molecule is CCOc1cc(N)cc(N2CCNC(=O)C2)c1. The molecule has 0 aliphatic carbocycles. The fourth-order valence-electron chi connectivity index (χ4n) is 1.90. The van der Waals surface area contributed by atoms with Gasteiger partial charge in [0.1, 0.15) is 5.75 Å². The van der Waals surface area contributed by atoms with E-state index in [9.17, 15) is 4.79 Å². The number of nitrogen functional groups attached to an aromatic ring is 1. The Balaban J connectivity index is 2.21. The van der Waals surface area contributed by atoms with Crippen molar-refractivity contribution in [2.75, 3.05) is 36.9 Å². The molecule has 1 aliphatic rings. The summed E-state index contributed by atoms with van der Waals surface area (Å²) in [6, 6.07) is 5.57. The van der Waals surface area contributed by atoms with Crippen LogP contribution in [0.25, 0.3) is 0 Å². The third-order valence-corrected chi connectivity index (χ3v) is 2.63. The highest BCUT2D eigenvalue weighted by atomic mass is 16.5. The van der Waals surface area contributed by atoms with Gasteiger partial charge in [-0.1, -0.05) is 0 Å². The molecule has 92 valence electrons. The summed E-state index contributed by atoms with van der Waals surface area (Å²) in [5, 5.41) is 2.79. The largest absolute Gasteiger partial charge is 0.494 e. The van der Waals surface area contributed by atoms with Crippen LogP contribution in [0.1, 0.15) is 6.92 Å². The highest BCUT2D eigenvalue weighted by Gasteiger charge is 2.17. The van der Waals surface area contributed by atoms with E-state index in [0.29, 0.717) is 25.4 Å². The normalized spacial score (nSPS) is 15.6. The number of benzene rings is 1. The molecule has 0 atom stereocenters. The molecule has 0 spiro atoms. The van der Waals surface area contributed by atoms with Gasteiger partial charge in [0.25, 0.3) is 0 Å². The minimum Gasteiger partial charge on any atom is -0.494 e. The lowest BCUT2D eigenvalue weighted by atomic mass is 10.2. The van der Waals surface area contributed by atoms with Crippen LogP contribution in [-0.4, -0.2) is 32.1 Å². The number of anilines is 2. The van der Waals surface area contributed by atoms with Crippen molar-refractivity contribution in [1.82, 2.24) is 5.32 Å².